The standard InChI is InChI=1S/C9H13N5S2/c1-3-4-6-7(10)8(14(2)13-6)16-9-12-11-5-15-9/h5H,3-4,10H2,1-2H3. The number of nitrogens with two attached hydrogens (primary N) is 1. The number of aromatic nitrogens is 4. The molecular formula is C9H13N5S2. The van der Waals surface area contributed by atoms with Crippen molar-refractivity contribution >= 4 is 28.8 Å². The second-order valence-corrected chi connectivity index (χ2v) is 5.41. The van der Waals surface area contributed by atoms with E-state index >= 15 is 0 Å². The molecule has 16 heavy (non-hydrogen) atoms. The van der Waals surface area contributed by atoms with E-state index in [9.17, 15) is 0 Å². The Hall–Kier alpha value is -1.08. The Balaban J connectivity index is 2.26. The maximum atomic E-state index is 6.06. The average molecular weight is 255 g/mol. The van der Waals surface area contributed by atoms with Gasteiger partial charge in [-0.3, -0.25) is 4.68 Å². The van der Waals surface area contributed by atoms with Gasteiger partial charge >= 0.3 is 0 Å². The lowest BCUT2D eigenvalue weighted by atomic mass is 10.2. The Bertz CT molecular complexity index is 462. The van der Waals surface area contributed by atoms with E-state index in [1.807, 2.05) is 11.7 Å². The summed E-state index contributed by atoms with van der Waals surface area (Å²) in [6.45, 7) is 2.12. The van der Waals surface area contributed by atoms with Crippen LogP contribution in [0.2, 0.25) is 0 Å². The van der Waals surface area contributed by atoms with Gasteiger partial charge < -0.3 is 5.73 Å². The zero-order valence-corrected chi connectivity index (χ0v) is 10.8. The molecule has 0 aliphatic carbocycles. The van der Waals surface area contributed by atoms with Gasteiger partial charge in [0.2, 0.25) is 0 Å². The first-order valence-electron chi connectivity index (χ1n) is 4.97. The molecule has 86 valence electrons. The molecule has 0 unspecified atom stereocenters. The monoisotopic (exact) mass is 255 g/mol. The topological polar surface area (TPSA) is 69.6 Å². The van der Waals surface area contributed by atoms with Crippen LogP contribution in [0.3, 0.4) is 0 Å². The zero-order valence-electron chi connectivity index (χ0n) is 9.17. The molecule has 2 rings (SSSR count). The van der Waals surface area contributed by atoms with Crippen molar-refractivity contribution in [1.82, 2.24) is 20.0 Å². The maximum Gasteiger partial charge on any atom is 0.180 e. The molecule has 2 aromatic rings. The van der Waals surface area contributed by atoms with Gasteiger partial charge in [-0.25, -0.2) is 0 Å². The molecule has 0 amide bonds. The van der Waals surface area contributed by atoms with E-state index in [4.69, 9.17) is 5.73 Å². The molecular weight excluding hydrogens is 242 g/mol. The Morgan fingerprint density at radius 3 is 3.00 bits per heavy atom. The fraction of sp³-hybridized carbons (Fsp3) is 0.444. The van der Waals surface area contributed by atoms with E-state index in [2.05, 4.69) is 22.2 Å². The molecule has 0 aliphatic heterocycles. The number of hydrogen-bond donors (Lipinski definition) is 1. The predicted molar refractivity (Wildman–Crippen MR) is 65.6 cm³/mol. The molecule has 2 aromatic heterocycles. The van der Waals surface area contributed by atoms with Gasteiger partial charge in [0.05, 0.1) is 11.4 Å². The van der Waals surface area contributed by atoms with E-state index in [0.29, 0.717) is 0 Å². The van der Waals surface area contributed by atoms with Crippen LogP contribution in [0.5, 0.6) is 0 Å². The molecule has 0 fully saturated rings. The summed E-state index contributed by atoms with van der Waals surface area (Å²) in [4.78, 5) is 0. The lowest BCUT2D eigenvalue weighted by Crippen LogP contribution is -1.93. The highest BCUT2D eigenvalue weighted by Crippen LogP contribution is 2.34. The molecule has 0 spiro atoms. The van der Waals surface area contributed by atoms with Crippen LogP contribution < -0.4 is 5.73 Å². The second-order valence-electron chi connectivity index (χ2n) is 3.35. The van der Waals surface area contributed by atoms with Crippen LogP contribution in [0, 0.1) is 0 Å². The molecule has 0 aliphatic rings. The molecule has 0 aromatic carbocycles. The van der Waals surface area contributed by atoms with Crippen LogP contribution in [0.1, 0.15) is 19.0 Å². The Morgan fingerprint density at radius 1 is 1.56 bits per heavy atom. The smallest absolute Gasteiger partial charge is 0.180 e. The lowest BCUT2D eigenvalue weighted by Gasteiger charge is -1.98. The number of rotatable bonds is 4. The van der Waals surface area contributed by atoms with Crippen molar-refractivity contribution in [3.05, 3.63) is 11.2 Å². The SMILES string of the molecule is CCCc1nn(C)c(Sc2nncs2)c1N. The Morgan fingerprint density at radius 2 is 2.38 bits per heavy atom. The van der Waals surface area contributed by atoms with E-state index in [1.165, 1.54) is 23.1 Å². The lowest BCUT2D eigenvalue weighted by molar-refractivity contribution is 0.681. The third-order valence-corrected chi connectivity index (χ3v) is 4.07. The molecule has 7 heteroatoms. The highest BCUT2D eigenvalue weighted by atomic mass is 32.2. The van der Waals surface area contributed by atoms with Crippen molar-refractivity contribution < 1.29 is 0 Å². The summed E-state index contributed by atoms with van der Waals surface area (Å²) in [5.74, 6) is 0. The largest absolute Gasteiger partial charge is 0.395 e. The maximum absolute atomic E-state index is 6.06. The van der Waals surface area contributed by atoms with Crippen LogP contribution in [0.4, 0.5) is 5.69 Å². The van der Waals surface area contributed by atoms with Crippen molar-refractivity contribution in [2.45, 2.75) is 29.1 Å². The van der Waals surface area contributed by atoms with Gasteiger partial charge in [0.1, 0.15) is 10.5 Å². The second kappa shape index (κ2) is 4.84. The van der Waals surface area contributed by atoms with Crippen LogP contribution in [0.25, 0.3) is 0 Å². The summed E-state index contributed by atoms with van der Waals surface area (Å²) in [5.41, 5.74) is 9.51. The minimum atomic E-state index is 0.768. The van der Waals surface area contributed by atoms with E-state index in [-0.39, 0.29) is 0 Å². The van der Waals surface area contributed by atoms with Gasteiger partial charge in [0.25, 0.3) is 0 Å². The molecule has 0 bridgehead atoms. The van der Waals surface area contributed by atoms with Gasteiger partial charge in [-0.1, -0.05) is 24.7 Å². The molecule has 2 heterocycles. The zero-order chi connectivity index (χ0) is 11.5. The van der Waals surface area contributed by atoms with Crippen molar-refractivity contribution in [3.8, 4) is 0 Å². The summed E-state index contributed by atoms with van der Waals surface area (Å²) >= 11 is 3.02. The van der Waals surface area contributed by atoms with Gasteiger partial charge in [0.15, 0.2) is 4.34 Å². The molecule has 0 saturated carbocycles. The summed E-state index contributed by atoms with van der Waals surface area (Å²) in [6.07, 6.45) is 1.96. The van der Waals surface area contributed by atoms with E-state index in [0.717, 1.165) is 33.6 Å². The first-order chi connectivity index (χ1) is 7.72. The van der Waals surface area contributed by atoms with E-state index in [1.54, 1.807) is 5.51 Å². The Kier molecular flexibility index (Phi) is 3.45. The molecule has 5 nitrogen and oxygen atoms in total. The molecule has 0 atom stereocenters. The minimum Gasteiger partial charge on any atom is -0.395 e. The minimum absolute atomic E-state index is 0.768. The quantitative estimate of drug-likeness (QED) is 0.904. The van der Waals surface area contributed by atoms with Crippen molar-refractivity contribution in [1.29, 1.82) is 0 Å². The van der Waals surface area contributed by atoms with Crippen molar-refractivity contribution in [3.63, 3.8) is 0 Å². The Labute approximate surface area is 102 Å². The van der Waals surface area contributed by atoms with E-state index < -0.39 is 0 Å². The van der Waals surface area contributed by atoms with Gasteiger partial charge in [0, 0.05) is 7.05 Å². The average Bonchev–Trinajstić information content (AvgIpc) is 2.84. The van der Waals surface area contributed by atoms with Crippen LogP contribution in [0.15, 0.2) is 14.9 Å². The fourth-order valence-corrected chi connectivity index (χ4v) is 2.90. The number of nitrogens with zero attached hydrogens (tertiary/aromatic N) is 4. The summed E-state index contributed by atoms with van der Waals surface area (Å²) in [7, 11) is 1.90. The molecule has 0 radical (unpaired) electrons. The summed E-state index contributed by atoms with van der Waals surface area (Å²) < 4.78 is 2.70. The number of nitrogen functional groups attached to an aromatic ring is 1. The number of aryl methyl sites for hydroxylation is 2. The highest BCUT2D eigenvalue weighted by molar-refractivity contribution is 8.01. The number of anilines is 1. The molecule has 2 N–H and O–H groups in total. The third-order valence-electron chi connectivity index (χ3n) is 2.12. The van der Waals surface area contributed by atoms with Crippen LogP contribution in [-0.4, -0.2) is 20.0 Å². The van der Waals surface area contributed by atoms with Crippen LogP contribution >= 0.6 is 23.1 Å². The predicted octanol–water partition coefficient (Wildman–Crippen LogP) is 1.96. The normalized spacial score (nSPS) is 10.9. The first-order valence-corrected chi connectivity index (χ1v) is 6.67. The fourth-order valence-electron chi connectivity index (χ4n) is 1.41. The van der Waals surface area contributed by atoms with Crippen molar-refractivity contribution in [2.24, 2.45) is 7.05 Å². The first kappa shape index (κ1) is 11.4. The summed E-state index contributed by atoms with van der Waals surface area (Å²) in [6, 6.07) is 0. The molecule has 0 saturated heterocycles. The van der Waals surface area contributed by atoms with Crippen molar-refractivity contribution in [2.75, 3.05) is 5.73 Å². The van der Waals surface area contributed by atoms with Crippen LogP contribution in [-0.2, 0) is 13.5 Å². The third kappa shape index (κ3) is 2.19. The number of hydrogen-bond acceptors (Lipinski definition) is 6. The van der Waals surface area contributed by atoms with Gasteiger partial charge in [-0.2, -0.15) is 5.10 Å². The summed E-state index contributed by atoms with van der Waals surface area (Å²) in [5, 5.41) is 13.1. The highest BCUT2D eigenvalue weighted by Gasteiger charge is 2.14. The van der Waals surface area contributed by atoms with Gasteiger partial charge in [-0.05, 0) is 18.2 Å². The van der Waals surface area contributed by atoms with Gasteiger partial charge in [-0.15, -0.1) is 10.2 Å².